The van der Waals surface area contributed by atoms with Crippen molar-refractivity contribution in [2.75, 3.05) is 6.61 Å². The van der Waals surface area contributed by atoms with E-state index in [-0.39, 0.29) is 0 Å². The fraction of sp³-hybridized carbons (Fsp3) is 1.00. The van der Waals surface area contributed by atoms with Crippen molar-refractivity contribution in [3.8, 4) is 0 Å². The standard InChI is InChI=1S/C13H28O2/c1-3-5-7-8-9-10-11-13(14)15-12-6-4-2/h13-14H,3-12H2,1-2H3. The third-order valence-electron chi connectivity index (χ3n) is 2.61. The van der Waals surface area contributed by atoms with Crippen LogP contribution in [0.25, 0.3) is 0 Å². The summed E-state index contributed by atoms with van der Waals surface area (Å²) in [5, 5.41) is 9.46. The first-order valence-electron chi connectivity index (χ1n) is 6.61. The second kappa shape index (κ2) is 12.0. The Balaban J connectivity index is 3.06. The van der Waals surface area contributed by atoms with E-state index in [4.69, 9.17) is 4.74 Å². The minimum absolute atomic E-state index is 0.525. The van der Waals surface area contributed by atoms with Crippen LogP contribution in [-0.2, 0) is 4.74 Å². The van der Waals surface area contributed by atoms with Crippen LogP contribution in [0, 0.1) is 0 Å². The zero-order chi connectivity index (χ0) is 11.4. The summed E-state index contributed by atoms with van der Waals surface area (Å²) in [5.41, 5.74) is 0. The summed E-state index contributed by atoms with van der Waals surface area (Å²) in [6.45, 7) is 5.06. The molecular formula is C13H28O2. The van der Waals surface area contributed by atoms with Crippen molar-refractivity contribution < 1.29 is 9.84 Å². The monoisotopic (exact) mass is 216 g/mol. The fourth-order valence-corrected chi connectivity index (χ4v) is 1.55. The summed E-state index contributed by atoms with van der Waals surface area (Å²) in [6.07, 6.45) is 10.1. The van der Waals surface area contributed by atoms with Gasteiger partial charge in [0.1, 0.15) is 0 Å². The van der Waals surface area contributed by atoms with E-state index in [1.54, 1.807) is 0 Å². The predicted octanol–water partition coefficient (Wildman–Crippen LogP) is 3.87. The van der Waals surface area contributed by atoms with Gasteiger partial charge < -0.3 is 9.84 Å². The highest BCUT2D eigenvalue weighted by Crippen LogP contribution is 2.09. The lowest BCUT2D eigenvalue weighted by Gasteiger charge is -2.11. The molecule has 0 aliphatic carbocycles. The third kappa shape index (κ3) is 11.8. The topological polar surface area (TPSA) is 29.5 Å². The molecule has 0 bridgehead atoms. The minimum atomic E-state index is -0.525. The first-order valence-corrected chi connectivity index (χ1v) is 6.61. The molecule has 0 amide bonds. The van der Waals surface area contributed by atoms with Gasteiger partial charge in [0.25, 0.3) is 0 Å². The van der Waals surface area contributed by atoms with Crippen molar-refractivity contribution >= 4 is 0 Å². The normalized spacial score (nSPS) is 13.0. The van der Waals surface area contributed by atoms with Gasteiger partial charge in [-0.05, 0) is 19.3 Å². The van der Waals surface area contributed by atoms with E-state index < -0.39 is 6.29 Å². The molecule has 1 unspecified atom stereocenters. The molecule has 0 fully saturated rings. The Morgan fingerprint density at radius 2 is 1.47 bits per heavy atom. The first kappa shape index (κ1) is 14.9. The third-order valence-corrected chi connectivity index (χ3v) is 2.61. The number of hydrogen-bond donors (Lipinski definition) is 1. The Morgan fingerprint density at radius 1 is 0.867 bits per heavy atom. The second-order valence-electron chi connectivity index (χ2n) is 4.24. The van der Waals surface area contributed by atoms with Crippen LogP contribution in [0.2, 0.25) is 0 Å². The summed E-state index contributed by atoms with van der Waals surface area (Å²) in [6, 6.07) is 0. The van der Waals surface area contributed by atoms with E-state index in [0.29, 0.717) is 6.61 Å². The highest BCUT2D eigenvalue weighted by molar-refractivity contribution is 4.47. The first-order chi connectivity index (χ1) is 7.31. The lowest BCUT2D eigenvalue weighted by Crippen LogP contribution is -2.12. The second-order valence-corrected chi connectivity index (χ2v) is 4.24. The molecule has 0 aromatic rings. The Labute approximate surface area is 95.0 Å². The molecule has 0 aromatic carbocycles. The Kier molecular flexibility index (Phi) is 11.9. The van der Waals surface area contributed by atoms with Gasteiger partial charge in [0.2, 0.25) is 0 Å². The van der Waals surface area contributed by atoms with Crippen LogP contribution in [0.3, 0.4) is 0 Å². The van der Waals surface area contributed by atoms with E-state index >= 15 is 0 Å². The average Bonchev–Trinajstić information content (AvgIpc) is 2.23. The molecule has 1 atom stereocenters. The molecule has 0 saturated carbocycles. The van der Waals surface area contributed by atoms with Gasteiger partial charge in [0.15, 0.2) is 6.29 Å². The molecule has 2 nitrogen and oxygen atoms in total. The summed E-state index contributed by atoms with van der Waals surface area (Å²) in [5.74, 6) is 0. The maximum Gasteiger partial charge on any atom is 0.154 e. The van der Waals surface area contributed by atoms with E-state index in [1.807, 2.05) is 0 Å². The molecule has 0 aliphatic heterocycles. The maximum atomic E-state index is 9.46. The van der Waals surface area contributed by atoms with Crippen LogP contribution in [0.4, 0.5) is 0 Å². The van der Waals surface area contributed by atoms with Crippen LogP contribution in [0.1, 0.15) is 71.6 Å². The minimum Gasteiger partial charge on any atom is -0.368 e. The van der Waals surface area contributed by atoms with Gasteiger partial charge in [-0.1, -0.05) is 52.4 Å². The summed E-state index contributed by atoms with van der Waals surface area (Å²) in [4.78, 5) is 0. The van der Waals surface area contributed by atoms with Crippen molar-refractivity contribution in [1.82, 2.24) is 0 Å². The van der Waals surface area contributed by atoms with E-state index in [2.05, 4.69) is 13.8 Å². The van der Waals surface area contributed by atoms with Crippen LogP contribution in [0.15, 0.2) is 0 Å². The molecule has 0 rings (SSSR count). The van der Waals surface area contributed by atoms with Gasteiger partial charge in [0, 0.05) is 6.61 Å². The molecule has 0 radical (unpaired) electrons. The molecular weight excluding hydrogens is 188 g/mol. The van der Waals surface area contributed by atoms with Gasteiger partial charge in [0.05, 0.1) is 0 Å². The molecule has 2 heteroatoms. The van der Waals surface area contributed by atoms with E-state index in [9.17, 15) is 5.11 Å². The lowest BCUT2D eigenvalue weighted by molar-refractivity contribution is -0.104. The molecule has 92 valence electrons. The molecule has 15 heavy (non-hydrogen) atoms. The number of hydrogen-bond acceptors (Lipinski definition) is 2. The SMILES string of the molecule is CCCCCCCCC(O)OCCCC. The summed E-state index contributed by atoms with van der Waals surface area (Å²) >= 11 is 0. The highest BCUT2D eigenvalue weighted by atomic mass is 16.6. The molecule has 0 aliphatic rings. The van der Waals surface area contributed by atoms with Crippen molar-refractivity contribution in [2.45, 2.75) is 77.9 Å². The average molecular weight is 216 g/mol. The number of rotatable bonds is 11. The molecule has 1 N–H and O–H groups in total. The fourth-order valence-electron chi connectivity index (χ4n) is 1.55. The van der Waals surface area contributed by atoms with Gasteiger partial charge in [-0.25, -0.2) is 0 Å². The number of ether oxygens (including phenoxy) is 1. The van der Waals surface area contributed by atoms with Gasteiger partial charge in [-0.15, -0.1) is 0 Å². The Bertz CT molecular complexity index is 115. The Hall–Kier alpha value is -0.0800. The number of aliphatic hydroxyl groups is 1. The molecule has 0 aromatic heterocycles. The van der Waals surface area contributed by atoms with Crippen molar-refractivity contribution in [2.24, 2.45) is 0 Å². The Morgan fingerprint density at radius 3 is 2.13 bits per heavy atom. The zero-order valence-electron chi connectivity index (χ0n) is 10.5. The number of aliphatic hydroxyl groups excluding tert-OH is 1. The van der Waals surface area contributed by atoms with Gasteiger partial charge >= 0.3 is 0 Å². The van der Waals surface area contributed by atoms with Crippen LogP contribution >= 0.6 is 0 Å². The molecule has 0 saturated heterocycles. The van der Waals surface area contributed by atoms with E-state index in [1.165, 1.54) is 32.1 Å². The van der Waals surface area contributed by atoms with Crippen LogP contribution < -0.4 is 0 Å². The summed E-state index contributed by atoms with van der Waals surface area (Å²) in [7, 11) is 0. The maximum absolute atomic E-state index is 9.46. The summed E-state index contributed by atoms with van der Waals surface area (Å²) < 4.78 is 5.27. The smallest absolute Gasteiger partial charge is 0.154 e. The zero-order valence-corrected chi connectivity index (χ0v) is 10.5. The van der Waals surface area contributed by atoms with Crippen molar-refractivity contribution in [1.29, 1.82) is 0 Å². The number of unbranched alkanes of at least 4 members (excludes halogenated alkanes) is 6. The van der Waals surface area contributed by atoms with Crippen molar-refractivity contribution in [3.05, 3.63) is 0 Å². The predicted molar refractivity (Wildman–Crippen MR) is 64.9 cm³/mol. The quantitative estimate of drug-likeness (QED) is 0.419. The molecule has 0 heterocycles. The van der Waals surface area contributed by atoms with Gasteiger partial charge in [-0.2, -0.15) is 0 Å². The van der Waals surface area contributed by atoms with Crippen LogP contribution in [0.5, 0.6) is 0 Å². The largest absolute Gasteiger partial charge is 0.368 e. The van der Waals surface area contributed by atoms with Crippen molar-refractivity contribution in [3.63, 3.8) is 0 Å². The van der Waals surface area contributed by atoms with Gasteiger partial charge in [-0.3, -0.25) is 0 Å². The lowest BCUT2D eigenvalue weighted by atomic mass is 10.1. The van der Waals surface area contributed by atoms with Crippen LogP contribution in [-0.4, -0.2) is 18.0 Å². The molecule has 0 spiro atoms. The highest BCUT2D eigenvalue weighted by Gasteiger charge is 2.02. The van der Waals surface area contributed by atoms with E-state index in [0.717, 1.165) is 25.7 Å².